The van der Waals surface area contributed by atoms with Gasteiger partial charge in [-0.1, -0.05) is 38.8 Å². The Morgan fingerprint density at radius 3 is 2.33 bits per heavy atom. The van der Waals surface area contributed by atoms with Gasteiger partial charge in [0.1, 0.15) is 0 Å². The van der Waals surface area contributed by atoms with Crippen molar-refractivity contribution < 1.29 is 9.53 Å². The SMILES string of the molecule is CCNC(=NCc1ccc(C(=O)NC)cc1)NCC(C(CC)CC)N1CCOCC1. The number of aliphatic imine (C=N–C) groups is 1. The fourth-order valence-electron chi connectivity index (χ4n) is 3.96. The van der Waals surface area contributed by atoms with Crippen molar-refractivity contribution in [1.82, 2.24) is 20.9 Å². The lowest BCUT2D eigenvalue weighted by Gasteiger charge is -2.39. The molecule has 1 aliphatic heterocycles. The van der Waals surface area contributed by atoms with Gasteiger partial charge in [-0.15, -0.1) is 0 Å². The normalized spacial score (nSPS) is 16.4. The average Bonchev–Trinajstić information content (AvgIpc) is 2.80. The minimum atomic E-state index is -0.0735. The molecule has 1 heterocycles. The van der Waals surface area contributed by atoms with Crippen molar-refractivity contribution in [2.45, 2.75) is 46.2 Å². The van der Waals surface area contributed by atoms with Crippen LogP contribution in [0.15, 0.2) is 29.3 Å². The predicted octanol–water partition coefficient (Wildman–Crippen LogP) is 2.24. The first-order chi connectivity index (χ1) is 14.6. The molecule has 0 aliphatic carbocycles. The van der Waals surface area contributed by atoms with Gasteiger partial charge in [0.15, 0.2) is 5.96 Å². The minimum Gasteiger partial charge on any atom is -0.379 e. The van der Waals surface area contributed by atoms with Crippen LogP contribution in [0.4, 0.5) is 0 Å². The molecule has 0 saturated carbocycles. The van der Waals surface area contributed by atoms with Crippen LogP contribution in [0.2, 0.25) is 0 Å². The number of carbonyl (C=O) groups excluding carboxylic acids is 1. The van der Waals surface area contributed by atoms with Gasteiger partial charge in [-0.25, -0.2) is 4.99 Å². The van der Waals surface area contributed by atoms with Crippen LogP contribution in [0.5, 0.6) is 0 Å². The van der Waals surface area contributed by atoms with Gasteiger partial charge in [-0.3, -0.25) is 9.69 Å². The molecule has 1 unspecified atom stereocenters. The zero-order valence-corrected chi connectivity index (χ0v) is 19.0. The van der Waals surface area contributed by atoms with E-state index in [1.54, 1.807) is 7.05 Å². The Morgan fingerprint density at radius 2 is 1.77 bits per heavy atom. The number of ether oxygens (including phenoxy) is 1. The molecule has 0 aromatic heterocycles. The molecule has 1 atom stereocenters. The summed E-state index contributed by atoms with van der Waals surface area (Å²) in [5.41, 5.74) is 1.73. The Hall–Kier alpha value is -2.12. The summed E-state index contributed by atoms with van der Waals surface area (Å²) < 4.78 is 5.56. The third-order valence-electron chi connectivity index (χ3n) is 5.79. The van der Waals surface area contributed by atoms with E-state index in [2.05, 4.69) is 41.6 Å². The van der Waals surface area contributed by atoms with E-state index in [0.717, 1.165) is 50.9 Å². The number of nitrogens with zero attached hydrogens (tertiary/aromatic N) is 2. The van der Waals surface area contributed by atoms with E-state index < -0.39 is 0 Å². The van der Waals surface area contributed by atoms with Crippen LogP contribution in [0.25, 0.3) is 0 Å². The second kappa shape index (κ2) is 13.2. The zero-order valence-electron chi connectivity index (χ0n) is 19.0. The highest BCUT2D eigenvalue weighted by atomic mass is 16.5. The summed E-state index contributed by atoms with van der Waals surface area (Å²) in [4.78, 5) is 19.0. The lowest BCUT2D eigenvalue weighted by atomic mass is 9.92. The highest BCUT2D eigenvalue weighted by molar-refractivity contribution is 5.93. The van der Waals surface area contributed by atoms with Crippen molar-refractivity contribution in [2.24, 2.45) is 10.9 Å². The van der Waals surface area contributed by atoms with E-state index in [1.165, 1.54) is 12.8 Å². The lowest BCUT2D eigenvalue weighted by Crippen LogP contribution is -2.53. The Kier molecular flexibility index (Phi) is 10.7. The molecule has 7 nitrogen and oxygen atoms in total. The smallest absolute Gasteiger partial charge is 0.251 e. The summed E-state index contributed by atoms with van der Waals surface area (Å²) in [5, 5.41) is 9.57. The van der Waals surface area contributed by atoms with Crippen molar-refractivity contribution in [3.8, 4) is 0 Å². The number of nitrogens with one attached hydrogen (secondary N) is 3. The van der Waals surface area contributed by atoms with E-state index in [9.17, 15) is 4.79 Å². The first kappa shape index (κ1) is 24.2. The van der Waals surface area contributed by atoms with Crippen LogP contribution in [0.3, 0.4) is 0 Å². The molecular formula is C23H39N5O2. The summed E-state index contributed by atoms with van der Waals surface area (Å²) >= 11 is 0. The van der Waals surface area contributed by atoms with E-state index in [-0.39, 0.29) is 5.91 Å². The number of carbonyl (C=O) groups is 1. The number of rotatable bonds is 10. The lowest BCUT2D eigenvalue weighted by molar-refractivity contribution is 0.00272. The molecule has 1 saturated heterocycles. The molecule has 1 aromatic carbocycles. The molecule has 1 amide bonds. The van der Waals surface area contributed by atoms with Gasteiger partial charge < -0.3 is 20.7 Å². The number of benzene rings is 1. The maximum absolute atomic E-state index is 11.7. The Morgan fingerprint density at radius 1 is 1.10 bits per heavy atom. The van der Waals surface area contributed by atoms with Gasteiger partial charge in [0.2, 0.25) is 0 Å². The molecular weight excluding hydrogens is 378 g/mol. The Labute approximate surface area is 181 Å². The van der Waals surface area contributed by atoms with Crippen molar-refractivity contribution >= 4 is 11.9 Å². The molecule has 2 rings (SSSR count). The molecule has 0 spiro atoms. The van der Waals surface area contributed by atoms with Gasteiger partial charge in [-0.2, -0.15) is 0 Å². The van der Waals surface area contributed by atoms with Gasteiger partial charge in [-0.05, 0) is 30.5 Å². The molecule has 168 valence electrons. The van der Waals surface area contributed by atoms with Crippen molar-refractivity contribution in [1.29, 1.82) is 0 Å². The van der Waals surface area contributed by atoms with Gasteiger partial charge in [0.25, 0.3) is 5.91 Å². The second-order valence-electron chi connectivity index (χ2n) is 7.64. The topological polar surface area (TPSA) is 78.0 Å². The van der Waals surface area contributed by atoms with Crippen molar-refractivity contribution in [3.05, 3.63) is 35.4 Å². The molecule has 1 aromatic rings. The van der Waals surface area contributed by atoms with Crippen LogP contribution in [0.1, 0.15) is 49.5 Å². The predicted molar refractivity (Wildman–Crippen MR) is 123 cm³/mol. The van der Waals surface area contributed by atoms with Crippen molar-refractivity contribution in [3.63, 3.8) is 0 Å². The molecule has 0 radical (unpaired) electrons. The van der Waals surface area contributed by atoms with Crippen molar-refractivity contribution in [2.75, 3.05) is 46.4 Å². The molecule has 1 aliphatic rings. The first-order valence-corrected chi connectivity index (χ1v) is 11.3. The fraction of sp³-hybridized carbons (Fsp3) is 0.652. The van der Waals surface area contributed by atoms with E-state index >= 15 is 0 Å². The van der Waals surface area contributed by atoms with E-state index in [1.807, 2.05) is 24.3 Å². The molecule has 0 bridgehead atoms. The monoisotopic (exact) mass is 417 g/mol. The zero-order chi connectivity index (χ0) is 21.8. The maximum atomic E-state index is 11.7. The summed E-state index contributed by atoms with van der Waals surface area (Å²) in [5.74, 6) is 1.41. The average molecular weight is 418 g/mol. The summed E-state index contributed by atoms with van der Waals surface area (Å²) in [7, 11) is 1.64. The largest absolute Gasteiger partial charge is 0.379 e. The van der Waals surface area contributed by atoms with Gasteiger partial charge >= 0.3 is 0 Å². The number of hydrogen-bond donors (Lipinski definition) is 3. The Balaban J connectivity index is 2.01. The molecule has 1 fully saturated rings. The third kappa shape index (κ3) is 7.29. The summed E-state index contributed by atoms with van der Waals surface area (Å²) in [6, 6.07) is 8.06. The van der Waals surface area contributed by atoms with Crippen LogP contribution in [0, 0.1) is 5.92 Å². The first-order valence-electron chi connectivity index (χ1n) is 11.3. The second-order valence-corrected chi connectivity index (χ2v) is 7.64. The van der Waals surface area contributed by atoms with Gasteiger partial charge in [0.05, 0.1) is 19.8 Å². The van der Waals surface area contributed by atoms with Crippen LogP contribution >= 0.6 is 0 Å². The number of guanidine groups is 1. The standard InChI is InChI=1S/C23H39N5O2/c1-5-19(6-2)21(28-12-14-30-15-13-28)17-27-23(25-7-3)26-16-18-8-10-20(11-9-18)22(29)24-4/h8-11,19,21H,5-7,12-17H2,1-4H3,(H,24,29)(H2,25,26,27). The fourth-order valence-corrected chi connectivity index (χ4v) is 3.96. The van der Waals surface area contributed by atoms with Gasteiger partial charge in [0, 0.05) is 44.8 Å². The molecule has 7 heteroatoms. The maximum Gasteiger partial charge on any atom is 0.251 e. The van der Waals surface area contributed by atoms with Crippen LogP contribution < -0.4 is 16.0 Å². The summed E-state index contributed by atoms with van der Waals surface area (Å²) in [6.45, 7) is 12.5. The number of amides is 1. The molecule has 3 N–H and O–H groups in total. The molecule has 30 heavy (non-hydrogen) atoms. The minimum absolute atomic E-state index is 0.0735. The number of morpholine rings is 1. The van der Waals surface area contributed by atoms with Crippen LogP contribution in [-0.4, -0.2) is 69.2 Å². The summed E-state index contributed by atoms with van der Waals surface area (Å²) in [6.07, 6.45) is 2.34. The third-order valence-corrected chi connectivity index (χ3v) is 5.79. The van der Waals surface area contributed by atoms with E-state index in [4.69, 9.17) is 9.73 Å². The highest BCUT2D eigenvalue weighted by Crippen LogP contribution is 2.19. The number of hydrogen-bond acceptors (Lipinski definition) is 4. The highest BCUT2D eigenvalue weighted by Gasteiger charge is 2.27. The quantitative estimate of drug-likeness (QED) is 0.402. The Bertz CT molecular complexity index is 652. The van der Waals surface area contributed by atoms with E-state index in [0.29, 0.717) is 24.1 Å². The van der Waals surface area contributed by atoms with Crippen LogP contribution in [-0.2, 0) is 11.3 Å².